The molecular weight excluding hydrogens is 274 g/mol. The molecule has 0 aliphatic carbocycles. The predicted octanol–water partition coefficient (Wildman–Crippen LogP) is 2.92. The number of hydrogen-bond acceptors (Lipinski definition) is 2. The lowest BCUT2D eigenvalue weighted by molar-refractivity contribution is 0.0947. The summed E-state index contributed by atoms with van der Waals surface area (Å²) in [5.41, 5.74) is 4.49. The summed E-state index contributed by atoms with van der Waals surface area (Å²) in [5.74, 6) is -0.0773. The Hall–Kier alpha value is -2.62. The molecule has 22 heavy (non-hydrogen) atoms. The molecule has 112 valence electrons. The Labute approximate surface area is 129 Å². The Morgan fingerprint density at radius 3 is 2.68 bits per heavy atom. The van der Waals surface area contributed by atoms with Gasteiger partial charge in [-0.1, -0.05) is 36.4 Å². The highest BCUT2D eigenvalue weighted by atomic mass is 16.1. The Balaban J connectivity index is 1.75. The molecule has 0 atom stereocenters. The molecule has 0 saturated carbocycles. The quantitative estimate of drug-likeness (QED) is 0.804. The van der Waals surface area contributed by atoms with Crippen molar-refractivity contribution in [2.75, 3.05) is 6.54 Å². The van der Waals surface area contributed by atoms with Crippen LogP contribution in [0.1, 0.15) is 27.3 Å². The third kappa shape index (κ3) is 2.72. The molecule has 0 aliphatic rings. The van der Waals surface area contributed by atoms with E-state index in [1.807, 2.05) is 54.8 Å². The van der Waals surface area contributed by atoms with E-state index in [2.05, 4.69) is 22.4 Å². The summed E-state index contributed by atoms with van der Waals surface area (Å²) in [6, 6.07) is 14.1. The molecule has 1 amide bonds. The van der Waals surface area contributed by atoms with Crippen molar-refractivity contribution in [2.45, 2.75) is 20.3 Å². The molecule has 4 nitrogen and oxygen atoms in total. The second-order valence-electron chi connectivity index (χ2n) is 5.42. The van der Waals surface area contributed by atoms with Crippen LogP contribution >= 0.6 is 0 Å². The number of nitrogens with one attached hydrogen (secondary N) is 1. The van der Waals surface area contributed by atoms with E-state index in [1.54, 1.807) is 0 Å². The number of fused-ring (bicyclic) bond motifs is 1. The van der Waals surface area contributed by atoms with Crippen LogP contribution in [0, 0.1) is 13.8 Å². The van der Waals surface area contributed by atoms with E-state index in [1.165, 1.54) is 5.56 Å². The van der Waals surface area contributed by atoms with Crippen molar-refractivity contribution < 1.29 is 4.79 Å². The first-order valence-electron chi connectivity index (χ1n) is 7.43. The van der Waals surface area contributed by atoms with Gasteiger partial charge in [0.25, 0.3) is 5.91 Å². The minimum atomic E-state index is -0.0773. The third-order valence-electron chi connectivity index (χ3n) is 3.78. The van der Waals surface area contributed by atoms with Crippen LogP contribution in [0.3, 0.4) is 0 Å². The lowest BCUT2D eigenvalue weighted by atomic mass is 10.1. The molecule has 1 N–H and O–H groups in total. The van der Waals surface area contributed by atoms with Crippen LogP contribution in [-0.4, -0.2) is 21.8 Å². The summed E-state index contributed by atoms with van der Waals surface area (Å²) in [7, 11) is 0. The molecule has 2 heterocycles. The van der Waals surface area contributed by atoms with Crippen LogP contribution in [0.25, 0.3) is 5.65 Å². The zero-order valence-electron chi connectivity index (χ0n) is 12.8. The van der Waals surface area contributed by atoms with E-state index in [-0.39, 0.29) is 5.91 Å². The van der Waals surface area contributed by atoms with Gasteiger partial charge in [0.1, 0.15) is 11.3 Å². The number of hydrogen-bond donors (Lipinski definition) is 1. The van der Waals surface area contributed by atoms with E-state index in [0.29, 0.717) is 12.2 Å². The number of carbonyl (C=O) groups is 1. The third-order valence-corrected chi connectivity index (χ3v) is 3.78. The average molecular weight is 293 g/mol. The fourth-order valence-corrected chi connectivity index (χ4v) is 2.64. The maximum atomic E-state index is 12.5. The number of aryl methyl sites for hydroxylation is 2. The molecule has 0 aliphatic heterocycles. The van der Waals surface area contributed by atoms with Gasteiger partial charge in [0, 0.05) is 12.7 Å². The van der Waals surface area contributed by atoms with Crippen molar-refractivity contribution in [2.24, 2.45) is 0 Å². The Morgan fingerprint density at radius 1 is 1.14 bits per heavy atom. The summed E-state index contributed by atoms with van der Waals surface area (Å²) in [4.78, 5) is 17.0. The van der Waals surface area contributed by atoms with Crippen LogP contribution in [0.15, 0.2) is 48.7 Å². The second kappa shape index (κ2) is 6.02. The minimum absolute atomic E-state index is 0.0773. The Kier molecular flexibility index (Phi) is 3.92. The van der Waals surface area contributed by atoms with Crippen molar-refractivity contribution in [3.63, 3.8) is 0 Å². The molecule has 0 unspecified atom stereocenters. The summed E-state index contributed by atoms with van der Waals surface area (Å²) in [6.07, 6.45) is 2.70. The van der Waals surface area contributed by atoms with E-state index in [9.17, 15) is 4.79 Å². The van der Waals surface area contributed by atoms with Gasteiger partial charge in [-0.05, 0) is 37.5 Å². The van der Waals surface area contributed by atoms with Gasteiger partial charge in [-0.2, -0.15) is 0 Å². The van der Waals surface area contributed by atoms with Crippen LogP contribution in [0.5, 0.6) is 0 Å². The van der Waals surface area contributed by atoms with Crippen molar-refractivity contribution >= 4 is 11.6 Å². The predicted molar refractivity (Wildman–Crippen MR) is 87.1 cm³/mol. The number of amides is 1. The van der Waals surface area contributed by atoms with Gasteiger partial charge < -0.3 is 5.32 Å². The molecule has 3 aromatic rings. The van der Waals surface area contributed by atoms with Crippen molar-refractivity contribution in [1.82, 2.24) is 14.7 Å². The van der Waals surface area contributed by atoms with Gasteiger partial charge in [-0.15, -0.1) is 0 Å². The normalized spacial score (nSPS) is 10.8. The van der Waals surface area contributed by atoms with Crippen molar-refractivity contribution in [3.8, 4) is 0 Å². The fraction of sp³-hybridized carbons (Fsp3) is 0.222. The van der Waals surface area contributed by atoms with Crippen molar-refractivity contribution in [1.29, 1.82) is 0 Å². The SMILES string of the molecule is Cc1nc2c(C)cccn2c1C(=O)NCCc1ccccc1. The number of nitrogens with zero attached hydrogens (tertiary/aromatic N) is 2. The first kappa shape index (κ1) is 14.3. The highest BCUT2D eigenvalue weighted by Crippen LogP contribution is 2.15. The lowest BCUT2D eigenvalue weighted by Crippen LogP contribution is -2.27. The first-order chi connectivity index (χ1) is 10.7. The molecule has 0 bridgehead atoms. The first-order valence-corrected chi connectivity index (χ1v) is 7.43. The number of imidazole rings is 1. The van der Waals surface area contributed by atoms with Gasteiger partial charge in [0.05, 0.1) is 5.69 Å². The number of pyridine rings is 1. The minimum Gasteiger partial charge on any atom is -0.350 e. The summed E-state index contributed by atoms with van der Waals surface area (Å²) >= 11 is 0. The molecule has 2 aromatic heterocycles. The second-order valence-corrected chi connectivity index (χ2v) is 5.42. The average Bonchev–Trinajstić information content (AvgIpc) is 2.86. The zero-order valence-corrected chi connectivity index (χ0v) is 12.8. The molecule has 3 rings (SSSR count). The molecule has 0 saturated heterocycles. The summed E-state index contributed by atoms with van der Waals surface area (Å²) < 4.78 is 1.86. The highest BCUT2D eigenvalue weighted by molar-refractivity contribution is 5.94. The highest BCUT2D eigenvalue weighted by Gasteiger charge is 2.16. The number of carbonyl (C=O) groups excluding carboxylic acids is 1. The molecule has 0 spiro atoms. The van der Waals surface area contributed by atoms with Crippen LogP contribution in [0.2, 0.25) is 0 Å². The largest absolute Gasteiger partial charge is 0.350 e. The standard InChI is InChI=1S/C18H19N3O/c1-13-7-6-12-21-16(14(2)20-17(13)21)18(22)19-11-10-15-8-4-3-5-9-15/h3-9,12H,10-11H2,1-2H3,(H,19,22). The molecule has 4 heteroatoms. The molecule has 0 fully saturated rings. The summed E-state index contributed by atoms with van der Waals surface area (Å²) in [5, 5.41) is 2.99. The van der Waals surface area contributed by atoms with Gasteiger partial charge in [-0.3, -0.25) is 9.20 Å². The number of benzene rings is 1. The molecule has 0 radical (unpaired) electrons. The topological polar surface area (TPSA) is 46.4 Å². The van der Waals surface area contributed by atoms with Crippen molar-refractivity contribution in [3.05, 3.63) is 71.2 Å². The number of aromatic nitrogens is 2. The van der Waals surface area contributed by atoms with E-state index >= 15 is 0 Å². The van der Waals surface area contributed by atoms with Crippen LogP contribution in [-0.2, 0) is 6.42 Å². The van der Waals surface area contributed by atoms with Crippen LogP contribution < -0.4 is 5.32 Å². The van der Waals surface area contributed by atoms with Gasteiger partial charge in [-0.25, -0.2) is 4.98 Å². The number of rotatable bonds is 4. The van der Waals surface area contributed by atoms with E-state index in [4.69, 9.17) is 0 Å². The van der Waals surface area contributed by atoms with Crippen LogP contribution in [0.4, 0.5) is 0 Å². The fourth-order valence-electron chi connectivity index (χ4n) is 2.64. The Bertz CT molecular complexity index is 806. The van der Waals surface area contributed by atoms with E-state index in [0.717, 1.165) is 23.3 Å². The van der Waals surface area contributed by atoms with E-state index < -0.39 is 0 Å². The smallest absolute Gasteiger partial charge is 0.270 e. The maximum absolute atomic E-state index is 12.5. The lowest BCUT2D eigenvalue weighted by Gasteiger charge is -2.06. The molecule has 1 aromatic carbocycles. The Morgan fingerprint density at radius 2 is 1.91 bits per heavy atom. The monoisotopic (exact) mass is 293 g/mol. The van der Waals surface area contributed by atoms with Gasteiger partial charge in [0.15, 0.2) is 0 Å². The molecular formula is C18H19N3O. The van der Waals surface area contributed by atoms with Gasteiger partial charge in [0.2, 0.25) is 0 Å². The van der Waals surface area contributed by atoms with Gasteiger partial charge >= 0.3 is 0 Å². The maximum Gasteiger partial charge on any atom is 0.270 e. The summed E-state index contributed by atoms with van der Waals surface area (Å²) in [6.45, 7) is 4.48. The zero-order chi connectivity index (χ0) is 15.5.